The van der Waals surface area contributed by atoms with Crippen molar-refractivity contribution in [3.63, 3.8) is 0 Å². The monoisotopic (exact) mass is 347 g/mol. The zero-order chi connectivity index (χ0) is 17.9. The molecular formula is C18H29N5O2. The molecule has 0 aromatic rings. The van der Waals surface area contributed by atoms with Crippen LogP contribution in [0.15, 0.2) is 0 Å². The van der Waals surface area contributed by atoms with E-state index >= 15 is 0 Å². The van der Waals surface area contributed by atoms with Gasteiger partial charge in [-0.1, -0.05) is 0 Å². The van der Waals surface area contributed by atoms with E-state index in [0.717, 1.165) is 64.8 Å². The lowest BCUT2D eigenvalue weighted by Gasteiger charge is -2.38. The van der Waals surface area contributed by atoms with Crippen molar-refractivity contribution in [1.29, 1.82) is 5.26 Å². The van der Waals surface area contributed by atoms with Crippen LogP contribution in [0.1, 0.15) is 45.4 Å². The second-order valence-corrected chi connectivity index (χ2v) is 7.54. The van der Waals surface area contributed by atoms with Gasteiger partial charge in [0.2, 0.25) is 5.91 Å². The Bertz CT molecular complexity index is 546. The van der Waals surface area contributed by atoms with E-state index < -0.39 is 5.54 Å². The predicted octanol–water partition coefficient (Wildman–Crippen LogP) is 0.429. The first kappa shape index (κ1) is 18.3. The third-order valence-electron chi connectivity index (χ3n) is 5.99. The highest BCUT2D eigenvalue weighted by atomic mass is 16.2. The third-order valence-corrected chi connectivity index (χ3v) is 5.99. The highest BCUT2D eigenvalue weighted by Crippen LogP contribution is 2.31. The van der Waals surface area contributed by atoms with Crippen molar-refractivity contribution in [2.45, 2.75) is 57.0 Å². The molecule has 0 spiro atoms. The standard InChI is InChI=1S/C18H29N5O2/c1-14(24)18(13-19)7-2-10-23(18)21-16-5-3-15(4-6-16)17(25)22-11-8-20-9-12-22/h15-16,20-21H,2-12H2,1H3. The normalized spacial score (nSPS) is 33.8. The Balaban J connectivity index is 1.52. The quantitative estimate of drug-likeness (QED) is 0.767. The molecule has 3 fully saturated rings. The summed E-state index contributed by atoms with van der Waals surface area (Å²) in [6.45, 7) is 5.64. The molecule has 1 amide bonds. The predicted molar refractivity (Wildman–Crippen MR) is 93.3 cm³/mol. The average Bonchev–Trinajstić information content (AvgIpc) is 3.06. The largest absolute Gasteiger partial charge is 0.340 e. The van der Waals surface area contributed by atoms with Crippen molar-refractivity contribution < 1.29 is 9.59 Å². The molecule has 3 rings (SSSR count). The van der Waals surface area contributed by atoms with Gasteiger partial charge in [-0.05, 0) is 45.4 Å². The smallest absolute Gasteiger partial charge is 0.225 e. The number of hydrogen-bond donors (Lipinski definition) is 2. The van der Waals surface area contributed by atoms with Crippen molar-refractivity contribution in [2.75, 3.05) is 32.7 Å². The number of hydrogen-bond acceptors (Lipinski definition) is 6. The Kier molecular flexibility index (Phi) is 5.72. The van der Waals surface area contributed by atoms with Crippen LogP contribution in [0, 0.1) is 17.2 Å². The highest BCUT2D eigenvalue weighted by molar-refractivity contribution is 5.89. The second-order valence-electron chi connectivity index (χ2n) is 7.54. The van der Waals surface area contributed by atoms with Crippen LogP contribution < -0.4 is 10.7 Å². The van der Waals surface area contributed by atoms with Crippen LogP contribution in [-0.4, -0.2) is 65.9 Å². The minimum atomic E-state index is -1.01. The van der Waals surface area contributed by atoms with Crippen LogP contribution in [0.4, 0.5) is 0 Å². The molecule has 2 heterocycles. The van der Waals surface area contributed by atoms with Crippen molar-refractivity contribution in [2.24, 2.45) is 5.92 Å². The fourth-order valence-electron chi connectivity index (χ4n) is 4.39. The van der Waals surface area contributed by atoms with E-state index in [0.29, 0.717) is 12.3 Å². The first-order valence-corrected chi connectivity index (χ1v) is 9.52. The summed E-state index contributed by atoms with van der Waals surface area (Å²) in [5.41, 5.74) is 2.43. The summed E-state index contributed by atoms with van der Waals surface area (Å²) >= 11 is 0. The van der Waals surface area contributed by atoms with Gasteiger partial charge in [-0.2, -0.15) is 5.26 Å². The van der Waals surface area contributed by atoms with E-state index in [1.807, 2.05) is 9.91 Å². The molecule has 2 saturated heterocycles. The van der Waals surface area contributed by atoms with Crippen LogP contribution in [-0.2, 0) is 9.59 Å². The van der Waals surface area contributed by atoms with Gasteiger partial charge in [0.1, 0.15) is 0 Å². The van der Waals surface area contributed by atoms with Gasteiger partial charge in [0, 0.05) is 44.7 Å². The summed E-state index contributed by atoms with van der Waals surface area (Å²) < 4.78 is 0. The Hall–Kier alpha value is -1.49. The van der Waals surface area contributed by atoms with Crippen LogP contribution >= 0.6 is 0 Å². The number of nitriles is 1. The second kappa shape index (κ2) is 7.81. The molecule has 1 saturated carbocycles. The molecule has 1 atom stereocenters. The Morgan fingerprint density at radius 1 is 1.16 bits per heavy atom. The molecule has 3 aliphatic rings. The van der Waals surface area contributed by atoms with Gasteiger partial charge in [-0.3, -0.25) is 15.0 Å². The van der Waals surface area contributed by atoms with Crippen LogP contribution in [0.5, 0.6) is 0 Å². The minimum absolute atomic E-state index is 0.0810. The molecule has 0 aromatic heterocycles. The van der Waals surface area contributed by atoms with Gasteiger partial charge < -0.3 is 10.2 Å². The fourth-order valence-corrected chi connectivity index (χ4v) is 4.39. The molecule has 1 unspecified atom stereocenters. The molecule has 2 N–H and O–H groups in total. The number of ketones is 1. The zero-order valence-electron chi connectivity index (χ0n) is 15.1. The summed E-state index contributed by atoms with van der Waals surface area (Å²) in [7, 11) is 0. The lowest BCUT2D eigenvalue weighted by atomic mass is 9.85. The summed E-state index contributed by atoms with van der Waals surface area (Å²) in [5, 5.41) is 14.7. The summed E-state index contributed by atoms with van der Waals surface area (Å²) in [6, 6.07) is 2.48. The Morgan fingerprint density at radius 3 is 2.44 bits per heavy atom. The number of amides is 1. The van der Waals surface area contributed by atoms with Gasteiger partial charge in [0.15, 0.2) is 11.3 Å². The molecule has 0 aromatic carbocycles. The summed E-state index contributed by atoms with van der Waals surface area (Å²) in [6.07, 6.45) is 5.05. The SMILES string of the molecule is CC(=O)C1(C#N)CCCN1NC1CCC(C(=O)N2CCNCC2)CC1. The van der Waals surface area contributed by atoms with E-state index in [2.05, 4.69) is 16.8 Å². The Morgan fingerprint density at radius 2 is 1.84 bits per heavy atom. The van der Waals surface area contributed by atoms with Gasteiger partial charge >= 0.3 is 0 Å². The number of carbonyl (C=O) groups is 2. The minimum Gasteiger partial charge on any atom is -0.340 e. The maximum Gasteiger partial charge on any atom is 0.225 e. The van der Waals surface area contributed by atoms with Gasteiger partial charge in [-0.25, -0.2) is 5.01 Å². The zero-order valence-corrected chi connectivity index (χ0v) is 15.1. The molecule has 7 nitrogen and oxygen atoms in total. The van der Waals surface area contributed by atoms with Gasteiger partial charge in [-0.15, -0.1) is 0 Å². The van der Waals surface area contributed by atoms with Gasteiger partial charge in [0.05, 0.1) is 6.07 Å². The van der Waals surface area contributed by atoms with E-state index in [1.54, 1.807) is 0 Å². The third kappa shape index (κ3) is 3.71. The first-order chi connectivity index (χ1) is 12.1. The number of piperazine rings is 1. The molecule has 0 bridgehead atoms. The molecule has 138 valence electrons. The number of Topliss-reactive ketones (excluding diaryl/α,β-unsaturated/α-hetero) is 1. The molecule has 25 heavy (non-hydrogen) atoms. The van der Waals surface area contributed by atoms with Crippen molar-refractivity contribution in [3.05, 3.63) is 0 Å². The number of carbonyl (C=O) groups excluding carboxylic acids is 2. The number of hydrazine groups is 1. The van der Waals surface area contributed by atoms with Crippen LogP contribution in [0.25, 0.3) is 0 Å². The van der Waals surface area contributed by atoms with E-state index in [-0.39, 0.29) is 17.7 Å². The molecular weight excluding hydrogens is 318 g/mol. The first-order valence-electron chi connectivity index (χ1n) is 9.52. The molecule has 0 radical (unpaired) electrons. The van der Waals surface area contributed by atoms with E-state index in [1.165, 1.54) is 6.92 Å². The number of nitrogens with one attached hydrogen (secondary N) is 2. The Labute approximate surface area is 149 Å². The maximum atomic E-state index is 12.6. The number of rotatable bonds is 4. The van der Waals surface area contributed by atoms with Crippen molar-refractivity contribution in [3.8, 4) is 6.07 Å². The molecule has 7 heteroatoms. The number of nitrogens with zero attached hydrogens (tertiary/aromatic N) is 3. The van der Waals surface area contributed by atoms with E-state index in [9.17, 15) is 14.9 Å². The molecule has 1 aliphatic carbocycles. The van der Waals surface area contributed by atoms with Crippen LogP contribution in [0.3, 0.4) is 0 Å². The van der Waals surface area contributed by atoms with Crippen molar-refractivity contribution in [1.82, 2.24) is 20.7 Å². The van der Waals surface area contributed by atoms with Crippen LogP contribution in [0.2, 0.25) is 0 Å². The maximum absolute atomic E-state index is 12.6. The molecule has 2 aliphatic heterocycles. The summed E-state index contributed by atoms with van der Waals surface area (Å²) in [4.78, 5) is 26.6. The highest BCUT2D eigenvalue weighted by Gasteiger charge is 2.46. The average molecular weight is 347 g/mol. The fraction of sp³-hybridized carbons (Fsp3) is 0.833. The van der Waals surface area contributed by atoms with Gasteiger partial charge in [0.25, 0.3) is 0 Å². The topological polar surface area (TPSA) is 88.5 Å². The lowest BCUT2D eigenvalue weighted by Crippen LogP contribution is -2.58. The lowest BCUT2D eigenvalue weighted by molar-refractivity contribution is -0.137. The van der Waals surface area contributed by atoms with Crippen molar-refractivity contribution >= 4 is 11.7 Å². The van der Waals surface area contributed by atoms with E-state index in [4.69, 9.17) is 0 Å². The summed E-state index contributed by atoms with van der Waals surface area (Å²) in [5.74, 6) is 0.349.